The molecule has 0 radical (unpaired) electrons. The van der Waals surface area contributed by atoms with Crippen LogP contribution in [-0.4, -0.2) is 51.9 Å². The van der Waals surface area contributed by atoms with Gasteiger partial charge in [0.25, 0.3) is 15.9 Å². The number of amides is 1. The van der Waals surface area contributed by atoms with Gasteiger partial charge >= 0.3 is 5.97 Å². The molecule has 0 saturated carbocycles. The highest BCUT2D eigenvalue weighted by Gasteiger charge is 2.29. The average molecular weight is 568 g/mol. The molecule has 1 amide bonds. The van der Waals surface area contributed by atoms with Crippen LogP contribution in [-0.2, 0) is 24.3 Å². The fourth-order valence-electron chi connectivity index (χ4n) is 3.47. The van der Waals surface area contributed by atoms with Crippen molar-refractivity contribution in [1.82, 2.24) is 5.43 Å². The lowest BCUT2D eigenvalue weighted by Crippen LogP contribution is -2.39. The molecule has 10 nitrogen and oxygen atoms in total. The van der Waals surface area contributed by atoms with Crippen molar-refractivity contribution in [2.75, 3.05) is 24.1 Å². The molecule has 0 fully saturated rings. The van der Waals surface area contributed by atoms with Gasteiger partial charge < -0.3 is 14.2 Å². The largest absolute Gasteiger partial charge is 0.492 e. The molecule has 0 aliphatic carbocycles. The van der Waals surface area contributed by atoms with E-state index in [1.54, 1.807) is 94.4 Å². The van der Waals surface area contributed by atoms with Gasteiger partial charge in [0.2, 0.25) is 0 Å². The van der Waals surface area contributed by atoms with E-state index < -0.39 is 34.0 Å². The van der Waals surface area contributed by atoms with Crippen molar-refractivity contribution in [3.8, 4) is 11.5 Å². The van der Waals surface area contributed by atoms with Crippen LogP contribution < -0.4 is 19.2 Å². The van der Waals surface area contributed by atoms with Crippen molar-refractivity contribution in [3.05, 3.63) is 84.4 Å². The minimum atomic E-state index is -4.10. The van der Waals surface area contributed by atoms with Gasteiger partial charge in [-0.15, -0.1) is 0 Å². The summed E-state index contributed by atoms with van der Waals surface area (Å²) in [6.07, 6.45) is 1.40. The van der Waals surface area contributed by atoms with Crippen molar-refractivity contribution in [2.45, 2.75) is 38.2 Å². The maximum Gasteiger partial charge on any atom is 0.344 e. The third kappa shape index (κ3) is 8.84. The SMILES string of the molecule is CCOc1ccccc1N(CC(=O)N/N=C/c1ccc(OCC(=O)OC(C)(C)C)cc1)S(=O)(=O)c1ccccc1. The number of hydrazone groups is 1. The maximum absolute atomic E-state index is 13.5. The quantitative estimate of drug-likeness (QED) is 0.198. The Labute approximate surface area is 234 Å². The van der Waals surface area contributed by atoms with Crippen molar-refractivity contribution in [1.29, 1.82) is 0 Å². The highest BCUT2D eigenvalue weighted by atomic mass is 32.2. The van der Waals surface area contributed by atoms with E-state index >= 15 is 0 Å². The van der Waals surface area contributed by atoms with Crippen LogP contribution in [0, 0.1) is 0 Å². The lowest BCUT2D eigenvalue weighted by atomic mass is 10.2. The molecule has 0 aromatic heterocycles. The molecule has 1 N–H and O–H groups in total. The van der Waals surface area contributed by atoms with Gasteiger partial charge in [0, 0.05) is 0 Å². The molecule has 3 rings (SSSR count). The molecule has 0 aliphatic heterocycles. The number of nitrogens with one attached hydrogen (secondary N) is 1. The second-order valence-electron chi connectivity index (χ2n) is 9.46. The van der Waals surface area contributed by atoms with Gasteiger partial charge in [0.15, 0.2) is 6.61 Å². The number of carbonyl (C=O) groups excluding carboxylic acids is 2. The fourth-order valence-corrected chi connectivity index (χ4v) is 4.92. The molecule has 212 valence electrons. The van der Waals surface area contributed by atoms with Gasteiger partial charge in [-0.2, -0.15) is 5.10 Å². The first-order valence-corrected chi connectivity index (χ1v) is 14.0. The smallest absolute Gasteiger partial charge is 0.344 e. The van der Waals surface area contributed by atoms with E-state index in [2.05, 4.69) is 10.5 Å². The Morgan fingerprint density at radius 3 is 2.23 bits per heavy atom. The van der Waals surface area contributed by atoms with E-state index in [0.717, 1.165) is 4.31 Å². The molecule has 0 heterocycles. The summed E-state index contributed by atoms with van der Waals surface area (Å²) in [6.45, 7) is 6.67. The number of nitrogens with zero attached hydrogens (tertiary/aromatic N) is 2. The second kappa shape index (κ2) is 13.6. The number of carbonyl (C=O) groups is 2. The van der Waals surface area contributed by atoms with Crippen molar-refractivity contribution < 1.29 is 32.2 Å². The first-order valence-electron chi connectivity index (χ1n) is 12.6. The number of sulfonamides is 1. The molecule has 11 heteroatoms. The number of anilines is 1. The van der Waals surface area contributed by atoms with Gasteiger partial charge in [0.1, 0.15) is 23.6 Å². The van der Waals surface area contributed by atoms with Gasteiger partial charge in [-0.05, 0) is 81.8 Å². The van der Waals surface area contributed by atoms with E-state index in [1.807, 2.05) is 0 Å². The third-order valence-electron chi connectivity index (χ3n) is 5.11. The van der Waals surface area contributed by atoms with Gasteiger partial charge in [-0.1, -0.05) is 30.3 Å². The Balaban J connectivity index is 1.68. The zero-order valence-corrected chi connectivity index (χ0v) is 23.7. The Bertz CT molecular complexity index is 1420. The summed E-state index contributed by atoms with van der Waals surface area (Å²) in [5, 5.41) is 3.95. The Kier molecular flexibility index (Phi) is 10.3. The Morgan fingerprint density at radius 2 is 1.57 bits per heavy atom. The summed E-state index contributed by atoms with van der Waals surface area (Å²) in [5.41, 5.74) is 2.65. The summed E-state index contributed by atoms with van der Waals surface area (Å²) < 4.78 is 44.3. The minimum Gasteiger partial charge on any atom is -0.492 e. The minimum absolute atomic E-state index is 0.0339. The van der Waals surface area contributed by atoms with E-state index in [4.69, 9.17) is 14.2 Å². The van der Waals surface area contributed by atoms with Crippen LogP contribution in [0.4, 0.5) is 5.69 Å². The fraction of sp³-hybridized carbons (Fsp3) is 0.276. The number of hydrogen-bond donors (Lipinski definition) is 1. The van der Waals surface area contributed by atoms with Crippen molar-refractivity contribution in [3.63, 3.8) is 0 Å². The molecule has 40 heavy (non-hydrogen) atoms. The van der Waals surface area contributed by atoms with Crippen LogP contribution >= 0.6 is 0 Å². The number of rotatable bonds is 12. The molecule has 3 aromatic rings. The number of para-hydroxylation sites is 2. The molecule has 3 aromatic carbocycles. The van der Waals surface area contributed by atoms with Gasteiger partial charge in [0.05, 0.1) is 23.4 Å². The van der Waals surface area contributed by atoms with Gasteiger partial charge in [-0.3, -0.25) is 9.10 Å². The highest BCUT2D eigenvalue weighted by Crippen LogP contribution is 2.32. The van der Waals surface area contributed by atoms with E-state index in [-0.39, 0.29) is 17.2 Å². The van der Waals surface area contributed by atoms with E-state index in [9.17, 15) is 18.0 Å². The van der Waals surface area contributed by atoms with Crippen LogP contribution in [0.2, 0.25) is 0 Å². The first-order chi connectivity index (χ1) is 19.0. The summed E-state index contributed by atoms with van der Waals surface area (Å²) in [7, 11) is -4.10. The lowest BCUT2D eigenvalue weighted by Gasteiger charge is -2.25. The number of esters is 1. The molecule has 0 atom stereocenters. The predicted molar refractivity (Wildman–Crippen MR) is 152 cm³/mol. The Morgan fingerprint density at radius 1 is 0.925 bits per heavy atom. The van der Waals surface area contributed by atoms with Crippen LogP contribution in [0.15, 0.2) is 88.9 Å². The van der Waals surface area contributed by atoms with Crippen molar-refractivity contribution >= 4 is 33.8 Å². The molecule has 0 unspecified atom stereocenters. The summed E-state index contributed by atoms with van der Waals surface area (Å²) in [6, 6.07) is 21.1. The zero-order chi connectivity index (χ0) is 29.2. The second-order valence-corrected chi connectivity index (χ2v) is 11.3. The molecule has 0 bridgehead atoms. The zero-order valence-electron chi connectivity index (χ0n) is 22.9. The highest BCUT2D eigenvalue weighted by molar-refractivity contribution is 7.92. The van der Waals surface area contributed by atoms with Crippen LogP contribution in [0.1, 0.15) is 33.3 Å². The van der Waals surface area contributed by atoms with Crippen LogP contribution in [0.3, 0.4) is 0 Å². The number of hydrogen-bond acceptors (Lipinski definition) is 8. The molecular weight excluding hydrogens is 534 g/mol. The molecular formula is C29H33N3O7S. The lowest BCUT2D eigenvalue weighted by molar-refractivity contribution is -0.157. The van der Waals surface area contributed by atoms with Crippen LogP contribution in [0.5, 0.6) is 11.5 Å². The molecule has 0 spiro atoms. The Hall–Kier alpha value is -4.38. The standard InChI is InChI=1S/C29H33N3O7S/c1-5-37-26-14-10-9-13-25(26)32(40(35,36)24-11-7-6-8-12-24)20-27(33)31-30-19-22-15-17-23(18-16-22)38-21-28(34)39-29(2,3)4/h6-19H,5,20-21H2,1-4H3,(H,31,33)/b30-19+. The van der Waals surface area contributed by atoms with E-state index in [1.165, 1.54) is 18.3 Å². The molecule has 0 saturated heterocycles. The topological polar surface area (TPSA) is 124 Å². The molecule has 0 aliphatic rings. The normalized spacial score (nSPS) is 11.6. The monoisotopic (exact) mass is 567 g/mol. The average Bonchev–Trinajstić information content (AvgIpc) is 2.91. The first kappa shape index (κ1) is 30.2. The number of benzene rings is 3. The summed E-state index contributed by atoms with van der Waals surface area (Å²) >= 11 is 0. The summed E-state index contributed by atoms with van der Waals surface area (Å²) in [5.74, 6) is -0.344. The number of ether oxygens (including phenoxy) is 3. The third-order valence-corrected chi connectivity index (χ3v) is 6.89. The predicted octanol–water partition coefficient (Wildman–Crippen LogP) is 4.15. The van der Waals surface area contributed by atoms with Crippen LogP contribution in [0.25, 0.3) is 0 Å². The van der Waals surface area contributed by atoms with Crippen molar-refractivity contribution in [2.24, 2.45) is 5.10 Å². The van der Waals surface area contributed by atoms with Gasteiger partial charge in [-0.25, -0.2) is 18.6 Å². The maximum atomic E-state index is 13.5. The van der Waals surface area contributed by atoms with E-state index in [0.29, 0.717) is 23.7 Å². The summed E-state index contributed by atoms with van der Waals surface area (Å²) in [4.78, 5) is 24.7.